The van der Waals surface area contributed by atoms with E-state index in [1.165, 1.54) is 6.33 Å². The van der Waals surface area contributed by atoms with Gasteiger partial charge in [-0.25, -0.2) is 19.7 Å². The van der Waals surface area contributed by atoms with Crippen molar-refractivity contribution in [2.75, 3.05) is 11.9 Å². The first-order valence-corrected chi connectivity index (χ1v) is 7.39. The van der Waals surface area contributed by atoms with Gasteiger partial charge in [-0.15, -0.1) is 0 Å². The standard InChI is InChI=1S/C17H17N5O/c1-3-19-17(23)22-16-8-13-12(15-6-7-18-10-21-15)5-4-11(2)14(13)9-20-16/h4-10H,3H2,1-2H3,(H2,19,20,22,23). The van der Waals surface area contributed by atoms with Crippen molar-refractivity contribution in [2.45, 2.75) is 13.8 Å². The summed E-state index contributed by atoms with van der Waals surface area (Å²) in [7, 11) is 0. The first-order valence-electron chi connectivity index (χ1n) is 7.39. The number of carbonyl (C=O) groups is 1. The maximum atomic E-state index is 11.7. The Balaban J connectivity index is 2.10. The smallest absolute Gasteiger partial charge is 0.320 e. The minimum Gasteiger partial charge on any atom is -0.338 e. The maximum Gasteiger partial charge on any atom is 0.320 e. The largest absolute Gasteiger partial charge is 0.338 e. The summed E-state index contributed by atoms with van der Waals surface area (Å²) >= 11 is 0. The number of nitrogens with zero attached hydrogens (tertiary/aromatic N) is 3. The van der Waals surface area contributed by atoms with E-state index in [1.54, 1.807) is 12.4 Å². The molecule has 6 nitrogen and oxygen atoms in total. The molecule has 0 atom stereocenters. The molecule has 6 heteroatoms. The minimum atomic E-state index is -0.268. The van der Waals surface area contributed by atoms with Crippen molar-refractivity contribution in [3.8, 4) is 11.3 Å². The topological polar surface area (TPSA) is 79.8 Å². The number of carbonyl (C=O) groups excluding carboxylic acids is 1. The van der Waals surface area contributed by atoms with Crippen LogP contribution in [0.4, 0.5) is 10.6 Å². The fourth-order valence-corrected chi connectivity index (χ4v) is 2.44. The predicted molar refractivity (Wildman–Crippen MR) is 90.2 cm³/mol. The van der Waals surface area contributed by atoms with Gasteiger partial charge in [0, 0.05) is 29.9 Å². The Labute approximate surface area is 134 Å². The first-order chi connectivity index (χ1) is 11.2. The van der Waals surface area contributed by atoms with Crippen molar-refractivity contribution in [3.05, 3.63) is 48.5 Å². The summed E-state index contributed by atoms with van der Waals surface area (Å²) in [5.41, 5.74) is 2.93. The van der Waals surface area contributed by atoms with Gasteiger partial charge in [-0.05, 0) is 36.9 Å². The zero-order valence-corrected chi connectivity index (χ0v) is 13.0. The number of anilines is 1. The highest BCUT2D eigenvalue weighted by Gasteiger charge is 2.10. The number of hydrogen-bond acceptors (Lipinski definition) is 4. The lowest BCUT2D eigenvalue weighted by Crippen LogP contribution is -2.28. The molecular weight excluding hydrogens is 290 g/mol. The molecule has 0 saturated heterocycles. The van der Waals surface area contributed by atoms with Gasteiger partial charge in [0.25, 0.3) is 0 Å². The fourth-order valence-electron chi connectivity index (χ4n) is 2.44. The molecule has 0 aliphatic heterocycles. The normalized spacial score (nSPS) is 10.5. The van der Waals surface area contributed by atoms with Crippen LogP contribution in [0, 0.1) is 6.92 Å². The highest BCUT2D eigenvalue weighted by Crippen LogP contribution is 2.30. The highest BCUT2D eigenvalue weighted by molar-refractivity contribution is 6.00. The van der Waals surface area contributed by atoms with Crippen molar-refractivity contribution < 1.29 is 4.79 Å². The van der Waals surface area contributed by atoms with Crippen LogP contribution < -0.4 is 10.6 Å². The third-order valence-corrected chi connectivity index (χ3v) is 3.56. The molecule has 2 aromatic heterocycles. The molecule has 2 heterocycles. The number of pyridine rings is 1. The van der Waals surface area contributed by atoms with E-state index in [0.29, 0.717) is 12.4 Å². The van der Waals surface area contributed by atoms with Crippen LogP contribution >= 0.6 is 0 Å². The maximum absolute atomic E-state index is 11.7. The summed E-state index contributed by atoms with van der Waals surface area (Å²) in [6.45, 7) is 4.46. The van der Waals surface area contributed by atoms with Gasteiger partial charge in [0.05, 0.1) is 5.69 Å². The highest BCUT2D eigenvalue weighted by atomic mass is 16.2. The van der Waals surface area contributed by atoms with E-state index < -0.39 is 0 Å². The minimum absolute atomic E-state index is 0.268. The number of hydrogen-bond donors (Lipinski definition) is 2. The second-order valence-electron chi connectivity index (χ2n) is 5.12. The van der Waals surface area contributed by atoms with Gasteiger partial charge in [0.15, 0.2) is 0 Å². The Morgan fingerprint density at radius 1 is 1.17 bits per heavy atom. The van der Waals surface area contributed by atoms with E-state index in [1.807, 2.05) is 38.1 Å². The monoisotopic (exact) mass is 307 g/mol. The summed E-state index contributed by atoms with van der Waals surface area (Å²) in [6.07, 6.45) is 5.01. The Bertz CT molecular complexity index is 848. The molecule has 0 fully saturated rings. The molecule has 0 aliphatic carbocycles. The molecular formula is C17H17N5O. The molecule has 23 heavy (non-hydrogen) atoms. The third kappa shape index (κ3) is 3.11. The molecule has 3 rings (SSSR count). The van der Waals surface area contributed by atoms with Crippen LogP contribution in [0.5, 0.6) is 0 Å². The molecule has 2 amide bonds. The second kappa shape index (κ2) is 6.39. The van der Waals surface area contributed by atoms with Crippen molar-refractivity contribution in [1.29, 1.82) is 0 Å². The van der Waals surface area contributed by atoms with E-state index >= 15 is 0 Å². The van der Waals surface area contributed by atoms with Crippen molar-refractivity contribution in [1.82, 2.24) is 20.3 Å². The average Bonchev–Trinajstić information content (AvgIpc) is 2.56. The first kappa shape index (κ1) is 14.9. The number of rotatable bonds is 3. The van der Waals surface area contributed by atoms with Crippen LogP contribution in [0.15, 0.2) is 43.0 Å². The number of nitrogens with one attached hydrogen (secondary N) is 2. The van der Waals surface area contributed by atoms with Crippen LogP contribution in [0.3, 0.4) is 0 Å². The summed E-state index contributed by atoms with van der Waals surface area (Å²) in [6, 6.07) is 7.53. The SMILES string of the molecule is CCNC(=O)Nc1cc2c(-c3ccncn3)ccc(C)c2cn1. The summed E-state index contributed by atoms with van der Waals surface area (Å²) in [4.78, 5) is 24.3. The summed E-state index contributed by atoms with van der Waals surface area (Å²) < 4.78 is 0. The van der Waals surface area contributed by atoms with Crippen LogP contribution in [-0.2, 0) is 0 Å². The third-order valence-electron chi connectivity index (χ3n) is 3.56. The second-order valence-corrected chi connectivity index (χ2v) is 5.12. The number of fused-ring (bicyclic) bond motifs is 1. The lowest BCUT2D eigenvalue weighted by Gasteiger charge is -2.11. The van der Waals surface area contributed by atoms with Crippen molar-refractivity contribution in [2.24, 2.45) is 0 Å². The van der Waals surface area contributed by atoms with E-state index in [0.717, 1.165) is 27.6 Å². The molecule has 0 aliphatic rings. The lowest BCUT2D eigenvalue weighted by atomic mass is 10.00. The van der Waals surface area contributed by atoms with Gasteiger partial charge in [-0.1, -0.05) is 12.1 Å². The quantitative estimate of drug-likeness (QED) is 0.779. The average molecular weight is 307 g/mol. The van der Waals surface area contributed by atoms with Crippen LogP contribution in [0.1, 0.15) is 12.5 Å². The summed E-state index contributed by atoms with van der Waals surface area (Å²) in [5.74, 6) is 0.504. The number of aryl methyl sites for hydroxylation is 1. The molecule has 0 radical (unpaired) electrons. The summed E-state index contributed by atoms with van der Waals surface area (Å²) in [5, 5.41) is 7.45. The van der Waals surface area contributed by atoms with Gasteiger partial charge in [0.2, 0.25) is 0 Å². The zero-order chi connectivity index (χ0) is 16.2. The van der Waals surface area contributed by atoms with Crippen molar-refractivity contribution >= 4 is 22.6 Å². The van der Waals surface area contributed by atoms with Gasteiger partial charge in [-0.2, -0.15) is 0 Å². The molecule has 1 aromatic carbocycles. The predicted octanol–water partition coefficient (Wildman–Crippen LogP) is 3.14. The van der Waals surface area contributed by atoms with Gasteiger partial charge in [0.1, 0.15) is 12.1 Å². The Kier molecular flexibility index (Phi) is 4.14. The lowest BCUT2D eigenvalue weighted by molar-refractivity contribution is 0.252. The molecule has 0 unspecified atom stereocenters. The van der Waals surface area contributed by atoms with Gasteiger partial charge in [-0.3, -0.25) is 5.32 Å². The number of amides is 2. The van der Waals surface area contributed by atoms with Crippen LogP contribution in [0.2, 0.25) is 0 Å². The Hall–Kier alpha value is -3.02. The van der Waals surface area contributed by atoms with Gasteiger partial charge >= 0.3 is 6.03 Å². The van der Waals surface area contributed by atoms with Crippen LogP contribution in [0.25, 0.3) is 22.0 Å². The van der Waals surface area contributed by atoms with Crippen LogP contribution in [-0.4, -0.2) is 27.5 Å². The number of aromatic nitrogens is 3. The molecule has 3 aromatic rings. The number of benzene rings is 1. The van der Waals surface area contributed by atoms with Crippen molar-refractivity contribution in [3.63, 3.8) is 0 Å². The fraction of sp³-hybridized carbons (Fsp3) is 0.176. The van der Waals surface area contributed by atoms with E-state index in [4.69, 9.17) is 0 Å². The molecule has 0 bridgehead atoms. The zero-order valence-electron chi connectivity index (χ0n) is 13.0. The Morgan fingerprint density at radius 2 is 2.04 bits per heavy atom. The van der Waals surface area contributed by atoms with Gasteiger partial charge < -0.3 is 5.32 Å². The molecule has 116 valence electrons. The molecule has 0 saturated carbocycles. The molecule has 0 spiro atoms. The van der Waals surface area contributed by atoms with E-state index in [9.17, 15) is 4.79 Å². The molecule has 2 N–H and O–H groups in total. The number of urea groups is 1. The van der Waals surface area contributed by atoms with E-state index in [2.05, 4.69) is 25.6 Å². The Morgan fingerprint density at radius 3 is 2.78 bits per heavy atom. The van der Waals surface area contributed by atoms with E-state index in [-0.39, 0.29) is 6.03 Å².